The topological polar surface area (TPSA) is 41.3 Å². The Morgan fingerprint density at radius 2 is 2.27 bits per heavy atom. The average Bonchev–Trinajstić information content (AvgIpc) is 1.86. The molecular formula is C7H16FN3. The van der Waals surface area contributed by atoms with Gasteiger partial charge in [-0.2, -0.15) is 0 Å². The number of hydrogen-bond donors (Lipinski definition) is 2. The van der Waals surface area contributed by atoms with Gasteiger partial charge in [-0.05, 0) is 13.8 Å². The zero-order valence-corrected chi connectivity index (χ0v) is 7.10. The maximum atomic E-state index is 13.3. The van der Waals surface area contributed by atoms with Gasteiger partial charge in [0.25, 0.3) is 0 Å². The quantitative estimate of drug-likeness (QED) is 0.527. The molecule has 66 valence electrons. The molecule has 1 rings (SSSR count). The van der Waals surface area contributed by atoms with Crippen molar-refractivity contribution in [3.05, 3.63) is 0 Å². The van der Waals surface area contributed by atoms with Crippen molar-refractivity contribution in [2.75, 3.05) is 19.6 Å². The molecule has 0 aromatic heterocycles. The van der Waals surface area contributed by atoms with E-state index in [0.717, 1.165) is 13.1 Å². The van der Waals surface area contributed by atoms with Gasteiger partial charge >= 0.3 is 0 Å². The Hall–Kier alpha value is -0.190. The number of hydrazine groups is 1. The molecule has 1 atom stereocenters. The third-order valence-electron chi connectivity index (χ3n) is 2.04. The highest BCUT2D eigenvalue weighted by Gasteiger charge is 2.31. The van der Waals surface area contributed by atoms with E-state index in [1.165, 1.54) is 0 Å². The van der Waals surface area contributed by atoms with Gasteiger partial charge in [0.15, 0.2) is 0 Å². The Kier molecular flexibility index (Phi) is 2.47. The number of nitrogens with zero attached hydrogens (tertiary/aromatic N) is 1. The van der Waals surface area contributed by atoms with E-state index in [1.54, 1.807) is 18.9 Å². The van der Waals surface area contributed by atoms with Gasteiger partial charge in [0.05, 0.1) is 6.04 Å². The van der Waals surface area contributed by atoms with Crippen LogP contribution in [0.4, 0.5) is 4.39 Å². The van der Waals surface area contributed by atoms with Gasteiger partial charge in [0.1, 0.15) is 5.67 Å². The zero-order chi connectivity index (χ0) is 8.48. The van der Waals surface area contributed by atoms with Crippen LogP contribution < -0.4 is 11.2 Å². The second-order valence-electron chi connectivity index (χ2n) is 3.57. The third kappa shape index (κ3) is 2.39. The van der Waals surface area contributed by atoms with Crippen molar-refractivity contribution in [2.24, 2.45) is 5.84 Å². The van der Waals surface area contributed by atoms with Gasteiger partial charge < -0.3 is 5.32 Å². The van der Waals surface area contributed by atoms with Crippen LogP contribution in [0, 0.1) is 0 Å². The third-order valence-corrected chi connectivity index (χ3v) is 2.04. The van der Waals surface area contributed by atoms with Gasteiger partial charge in [0.2, 0.25) is 0 Å². The Morgan fingerprint density at radius 3 is 2.64 bits per heavy atom. The molecule has 0 saturated carbocycles. The lowest BCUT2D eigenvalue weighted by molar-refractivity contribution is 0.0859. The van der Waals surface area contributed by atoms with E-state index in [0.29, 0.717) is 6.54 Å². The minimum atomic E-state index is -1.18. The molecule has 1 aliphatic rings. The molecule has 0 spiro atoms. The fourth-order valence-corrected chi connectivity index (χ4v) is 1.23. The van der Waals surface area contributed by atoms with Gasteiger partial charge in [0, 0.05) is 19.6 Å². The second-order valence-corrected chi connectivity index (χ2v) is 3.57. The smallest absolute Gasteiger partial charge is 0.122 e. The summed E-state index contributed by atoms with van der Waals surface area (Å²) in [6.07, 6.45) is 0. The van der Waals surface area contributed by atoms with Gasteiger partial charge in [-0.1, -0.05) is 0 Å². The van der Waals surface area contributed by atoms with Crippen LogP contribution in [0.25, 0.3) is 0 Å². The fourth-order valence-electron chi connectivity index (χ4n) is 1.23. The van der Waals surface area contributed by atoms with E-state index in [1.807, 2.05) is 0 Å². The Labute approximate surface area is 66.7 Å². The molecule has 0 bridgehead atoms. The van der Waals surface area contributed by atoms with E-state index in [4.69, 9.17) is 5.84 Å². The summed E-state index contributed by atoms with van der Waals surface area (Å²) in [5.41, 5.74) is -1.18. The van der Waals surface area contributed by atoms with Crippen LogP contribution >= 0.6 is 0 Å². The Balaban J connectivity index is 2.46. The van der Waals surface area contributed by atoms with Crippen molar-refractivity contribution in [1.82, 2.24) is 10.3 Å². The van der Waals surface area contributed by atoms with Crippen LogP contribution in [-0.2, 0) is 0 Å². The minimum Gasteiger partial charge on any atom is -0.309 e. The average molecular weight is 161 g/mol. The lowest BCUT2D eigenvalue weighted by atomic mass is 9.99. The van der Waals surface area contributed by atoms with Gasteiger partial charge in [-0.15, -0.1) is 0 Å². The summed E-state index contributed by atoms with van der Waals surface area (Å²) in [6.45, 7) is 5.30. The monoisotopic (exact) mass is 161 g/mol. The molecule has 1 saturated heterocycles. The number of nitrogens with one attached hydrogen (secondary N) is 1. The molecule has 11 heavy (non-hydrogen) atoms. The van der Waals surface area contributed by atoms with Crippen LogP contribution in [0.3, 0.4) is 0 Å². The van der Waals surface area contributed by atoms with Crippen molar-refractivity contribution in [1.29, 1.82) is 0 Å². The van der Waals surface area contributed by atoms with Gasteiger partial charge in [-0.25, -0.2) is 9.40 Å². The summed E-state index contributed by atoms with van der Waals surface area (Å²) in [4.78, 5) is 0. The lowest BCUT2D eigenvalue weighted by Crippen LogP contribution is -2.59. The molecule has 1 aliphatic heterocycles. The number of rotatable bonds is 1. The summed E-state index contributed by atoms with van der Waals surface area (Å²) in [7, 11) is 0. The predicted octanol–water partition coefficient (Wildman–Crippen LogP) is -0.118. The highest BCUT2D eigenvalue weighted by Crippen LogP contribution is 2.16. The number of alkyl halides is 1. The molecule has 0 radical (unpaired) electrons. The van der Waals surface area contributed by atoms with E-state index in [2.05, 4.69) is 5.32 Å². The lowest BCUT2D eigenvalue weighted by Gasteiger charge is -2.35. The van der Waals surface area contributed by atoms with Crippen LogP contribution in [-0.4, -0.2) is 36.4 Å². The standard InChI is InChI=1S/C7H16FN3/c1-7(2,8)6-5-11(9)4-3-10-6/h6,10H,3-5,9H2,1-2H3. The molecule has 0 aromatic carbocycles. The first-order valence-corrected chi connectivity index (χ1v) is 3.92. The summed E-state index contributed by atoms with van der Waals surface area (Å²) < 4.78 is 13.3. The van der Waals surface area contributed by atoms with E-state index >= 15 is 0 Å². The molecule has 4 heteroatoms. The largest absolute Gasteiger partial charge is 0.309 e. The van der Waals surface area contributed by atoms with E-state index in [-0.39, 0.29) is 6.04 Å². The summed E-state index contributed by atoms with van der Waals surface area (Å²) in [6, 6.07) is -0.138. The number of halogens is 1. The zero-order valence-electron chi connectivity index (χ0n) is 7.10. The summed E-state index contributed by atoms with van der Waals surface area (Å²) >= 11 is 0. The van der Waals surface area contributed by atoms with Crippen molar-refractivity contribution in [3.63, 3.8) is 0 Å². The van der Waals surface area contributed by atoms with Crippen molar-refractivity contribution in [3.8, 4) is 0 Å². The van der Waals surface area contributed by atoms with Crippen LogP contribution in [0.5, 0.6) is 0 Å². The minimum absolute atomic E-state index is 0.138. The van der Waals surface area contributed by atoms with E-state index < -0.39 is 5.67 Å². The second kappa shape index (κ2) is 3.05. The molecule has 0 aromatic rings. The molecule has 3 N–H and O–H groups in total. The van der Waals surface area contributed by atoms with E-state index in [9.17, 15) is 4.39 Å². The summed E-state index contributed by atoms with van der Waals surface area (Å²) in [5, 5.41) is 4.75. The highest BCUT2D eigenvalue weighted by molar-refractivity contribution is 4.88. The molecule has 1 fully saturated rings. The first-order valence-electron chi connectivity index (χ1n) is 3.92. The van der Waals surface area contributed by atoms with Crippen LogP contribution in [0.15, 0.2) is 0 Å². The van der Waals surface area contributed by atoms with Crippen LogP contribution in [0.1, 0.15) is 13.8 Å². The molecule has 1 heterocycles. The summed E-state index contributed by atoms with van der Waals surface area (Å²) in [5.74, 6) is 5.55. The maximum absolute atomic E-state index is 13.3. The van der Waals surface area contributed by atoms with Gasteiger partial charge in [-0.3, -0.25) is 5.84 Å². The molecular weight excluding hydrogens is 145 g/mol. The van der Waals surface area contributed by atoms with Crippen molar-refractivity contribution >= 4 is 0 Å². The fraction of sp³-hybridized carbons (Fsp3) is 1.00. The number of piperazine rings is 1. The molecule has 3 nitrogen and oxygen atoms in total. The molecule has 0 amide bonds. The van der Waals surface area contributed by atoms with Crippen molar-refractivity contribution in [2.45, 2.75) is 25.6 Å². The normalized spacial score (nSPS) is 28.9. The molecule has 0 aliphatic carbocycles. The SMILES string of the molecule is CC(C)(F)C1CN(N)CCN1. The Bertz CT molecular complexity index is 132. The van der Waals surface area contributed by atoms with Crippen molar-refractivity contribution < 1.29 is 4.39 Å². The maximum Gasteiger partial charge on any atom is 0.122 e. The first kappa shape index (κ1) is 8.90. The predicted molar refractivity (Wildman–Crippen MR) is 42.7 cm³/mol. The highest BCUT2D eigenvalue weighted by atomic mass is 19.1. The Morgan fingerprint density at radius 1 is 1.64 bits per heavy atom. The first-order chi connectivity index (χ1) is 5.00. The van der Waals surface area contributed by atoms with Crippen LogP contribution in [0.2, 0.25) is 0 Å². The number of hydrogen-bond acceptors (Lipinski definition) is 3. The number of nitrogens with two attached hydrogens (primary N) is 1. The molecule has 1 unspecified atom stereocenters.